The van der Waals surface area contributed by atoms with Crippen molar-refractivity contribution in [2.45, 2.75) is 38.8 Å². The van der Waals surface area contributed by atoms with E-state index in [1.165, 1.54) is 0 Å². The first kappa shape index (κ1) is 19.4. The van der Waals surface area contributed by atoms with Crippen LogP contribution in [0.3, 0.4) is 0 Å². The van der Waals surface area contributed by atoms with E-state index in [-0.39, 0.29) is 18.0 Å². The van der Waals surface area contributed by atoms with Crippen molar-refractivity contribution in [2.24, 2.45) is 5.92 Å². The van der Waals surface area contributed by atoms with Gasteiger partial charge in [0.2, 0.25) is 5.91 Å². The maximum absolute atomic E-state index is 13.1. The summed E-state index contributed by atoms with van der Waals surface area (Å²) in [5.74, 6) is 1.19. The third-order valence-corrected chi connectivity index (χ3v) is 5.69. The maximum atomic E-state index is 13.1. The van der Waals surface area contributed by atoms with Crippen LogP contribution < -0.4 is 5.32 Å². The molecule has 4 aromatic heterocycles. The quantitative estimate of drug-likeness (QED) is 0.468. The Balaban J connectivity index is 1.56. The summed E-state index contributed by atoms with van der Waals surface area (Å²) in [6.45, 7) is 4.30. The predicted molar refractivity (Wildman–Crippen MR) is 115 cm³/mol. The second-order valence-corrected chi connectivity index (χ2v) is 8.42. The fourth-order valence-corrected chi connectivity index (χ4v) is 4.35. The standard InChI is InChI=1S/C22H25N5OS/c1-16(2)13-18(22-25-24-20-7-3-4-11-27(20)22)23-21(28)14-19(17-8-12-29-15-17)26-9-5-6-10-26/h3-12,15-16,18-19H,13-14H2,1-2H3,(H,23,28)/t18-,19-/m0/s1. The molecular weight excluding hydrogens is 382 g/mol. The summed E-state index contributed by atoms with van der Waals surface area (Å²) in [6.07, 6.45) is 7.13. The smallest absolute Gasteiger partial charge is 0.223 e. The number of amides is 1. The molecule has 0 aliphatic carbocycles. The molecule has 0 spiro atoms. The second-order valence-electron chi connectivity index (χ2n) is 7.64. The molecule has 0 radical (unpaired) electrons. The highest BCUT2D eigenvalue weighted by Gasteiger charge is 2.24. The third kappa shape index (κ3) is 4.40. The van der Waals surface area contributed by atoms with E-state index in [0.29, 0.717) is 12.3 Å². The molecule has 4 heterocycles. The number of nitrogens with one attached hydrogen (secondary N) is 1. The highest BCUT2D eigenvalue weighted by Crippen LogP contribution is 2.26. The molecule has 0 fully saturated rings. The largest absolute Gasteiger partial charge is 0.346 e. The average molecular weight is 408 g/mol. The van der Waals surface area contributed by atoms with E-state index in [1.807, 2.05) is 58.7 Å². The topological polar surface area (TPSA) is 64.2 Å². The number of carbonyl (C=O) groups is 1. The van der Waals surface area contributed by atoms with E-state index in [0.717, 1.165) is 23.5 Å². The highest BCUT2D eigenvalue weighted by molar-refractivity contribution is 7.08. The lowest BCUT2D eigenvalue weighted by molar-refractivity contribution is -0.122. The summed E-state index contributed by atoms with van der Waals surface area (Å²) in [6, 6.07) is 11.7. The van der Waals surface area contributed by atoms with Gasteiger partial charge >= 0.3 is 0 Å². The van der Waals surface area contributed by atoms with E-state index < -0.39 is 0 Å². The van der Waals surface area contributed by atoms with E-state index in [4.69, 9.17) is 0 Å². The first-order valence-corrected chi connectivity index (χ1v) is 10.8. The third-order valence-electron chi connectivity index (χ3n) is 4.99. The first-order chi connectivity index (χ1) is 14.1. The van der Waals surface area contributed by atoms with Gasteiger partial charge in [0.15, 0.2) is 11.5 Å². The van der Waals surface area contributed by atoms with Crippen molar-refractivity contribution in [3.63, 3.8) is 0 Å². The minimum absolute atomic E-state index is 0.00762. The Morgan fingerprint density at radius 2 is 1.90 bits per heavy atom. The lowest BCUT2D eigenvalue weighted by atomic mass is 10.0. The van der Waals surface area contributed by atoms with Crippen molar-refractivity contribution >= 4 is 22.9 Å². The number of nitrogens with zero attached hydrogens (tertiary/aromatic N) is 4. The number of fused-ring (bicyclic) bond motifs is 1. The first-order valence-electron chi connectivity index (χ1n) is 9.85. The highest BCUT2D eigenvalue weighted by atomic mass is 32.1. The maximum Gasteiger partial charge on any atom is 0.223 e. The zero-order valence-corrected chi connectivity index (χ0v) is 17.4. The molecule has 0 saturated carbocycles. The fraction of sp³-hybridized carbons (Fsp3) is 0.318. The van der Waals surface area contributed by atoms with Gasteiger partial charge in [-0.1, -0.05) is 19.9 Å². The van der Waals surface area contributed by atoms with Crippen molar-refractivity contribution in [2.75, 3.05) is 0 Å². The number of rotatable bonds is 8. The van der Waals surface area contributed by atoms with Gasteiger partial charge in [-0.3, -0.25) is 9.20 Å². The lowest BCUT2D eigenvalue weighted by Crippen LogP contribution is -2.32. The van der Waals surface area contributed by atoms with Gasteiger partial charge in [-0.15, -0.1) is 10.2 Å². The molecule has 4 rings (SSSR count). The van der Waals surface area contributed by atoms with Gasteiger partial charge in [-0.25, -0.2) is 0 Å². The number of pyridine rings is 1. The zero-order chi connectivity index (χ0) is 20.2. The van der Waals surface area contributed by atoms with Crippen LogP contribution in [0.1, 0.15) is 50.2 Å². The van der Waals surface area contributed by atoms with Crippen LogP contribution in [0.25, 0.3) is 5.65 Å². The van der Waals surface area contributed by atoms with Crippen molar-refractivity contribution < 1.29 is 4.79 Å². The molecule has 0 unspecified atom stereocenters. The van der Waals surface area contributed by atoms with Crippen LogP contribution in [-0.2, 0) is 4.79 Å². The summed E-state index contributed by atoms with van der Waals surface area (Å²) < 4.78 is 4.04. The Morgan fingerprint density at radius 3 is 2.62 bits per heavy atom. The SMILES string of the molecule is CC(C)C[C@H](NC(=O)C[C@@H](c1ccsc1)n1cccc1)c1nnc2ccccn12. The van der Waals surface area contributed by atoms with Crippen LogP contribution in [0.15, 0.2) is 65.7 Å². The molecule has 29 heavy (non-hydrogen) atoms. The summed E-state index contributed by atoms with van der Waals surface area (Å²) >= 11 is 1.65. The summed E-state index contributed by atoms with van der Waals surface area (Å²) in [5, 5.41) is 16.0. The lowest BCUT2D eigenvalue weighted by Gasteiger charge is -2.22. The van der Waals surface area contributed by atoms with E-state index in [9.17, 15) is 4.79 Å². The number of hydrogen-bond acceptors (Lipinski definition) is 4. The molecule has 1 amide bonds. The van der Waals surface area contributed by atoms with Crippen molar-refractivity contribution in [1.82, 2.24) is 24.5 Å². The Hall–Kier alpha value is -2.93. The van der Waals surface area contributed by atoms with Gasteiger partial charge in [0, 0.05) is 18.6 Å². The van der Waals surface area contributed by atoms with Gasteiger partial charge < -0.3 is 9.88 Å². The molecule has 0 aliphatic heterocycles. The number of carbonyl (C=O) groups excluding carboxylic acids is 1. The van der Waals surface area contributed by atoms with Crippen LogP contribution in [0.4, 0.5) is 0 Å². The molecule has 6 nitrogen and oxygen atoms in total. The fourth-order valence-electron chi connectivity index (χ4n) is 3.64. The predicted octanol–water partition coefficient (Wildman–Crippen LogP) is 4.48. The molecule has 2 atom stereocenters. The van der Waals surface area contributed by atoms with Crippen molar-refractivity contribution in [1.29, 1.82) is 0 Å². The normalized spacial score (nSPS) is 13.6. The van der Waals surface area contributed by atoms with E-state index >= 15 is 0 Å². The summed E-state index contributed by atoms with van der Waals surface area (Å²) in [4.78, 5) is 13.1. The second kappa shape index (κ2) is 8.61. The van der Waals surface area contributed by atoms with Gasteiger partial charge in [-0.05, 0) is 59.0 Å². The van der Waals surface area contributed by atoms with Crippen LogP contribution in [0.5, 0.6) is 0 Å². The Kier molecular flexibility index (Phi) is 5.76. The van der Waals surface area contributed by atoms with Crippen molar-refractivity contribution in [3.05, 3.63) is 77.1 Å². The molecule has 0 aromatic carbocycles. The molecule has 4 aromatic rings. The molecule has 0 saturated heterocycles. The minimum atomic E-state index is -0.187. The molecule has 0 aliphatic rings. The number of hydrogen-bond donors (Lipinski definition) is 1. The van der Waals surface area contributed by atoms with Gasteiger partial charge in [-0.2, -0.15) is 11.3 Å². The molecular formula is C22H25N5OS. The molecule has 7 heteroatoms. The van der Waals surface area contributed by atoms with E-state index in [2.05, 4.69) is 45.4 Å². The van der Waals surface area contributed by atoms with Crippen LogP contribution in [0, 0.1) is 5.92 Å². The van der Waals surface area contributed by atoms with Crippen LogP contribution in [0.2, 0.25) is 0 Å². The van der Waals surface area contributed by atoms with E-state index in [1.54, 1.807) is 11.3 Å². The Labute approximate surface area is 174 Å². The zero-order valence-electron chi connectivity index (χ0n) is 16.6. The van der Waals surface area contributed by atoms with Gasteiger partial charge in [0.05, 0.1) is 18.5 Å². The summed E-state index contributed by atoms with van der Waals surface area (Å²) in [5.41, 5.74) is 1.93. The number of aromatic nitrogens is 4. The minimum Gasteiger partial charge on any atom is -0.346 e. The Bertz CT molecular complexity index is 1020. The molecule has 1 N–H and O–H groups in total. The van der Waals surface area contributed by atoms with Gasteiger partial charge in [0.25, 0.3) is 0 Å². The van der Waals surface area contributed by atoms with Crippen LogP contribution >= 0.6 is 11.3 Å². The monoisotopic (exact) mass is 407 g/mol. The number of thiophene rings is 1. The molecule has 0 bridgehead atoms. The van der Waals surface area contributed by atoms with Crippen LogP contribution in [-0.4, -0.2) is 25.1 Å². The van der Waals surface area contributed by atoms with Crippen molar-refractivity contribution in [3.8, 4) is 0 Å². The molecule has 150 valence electrons. The van der Waals surface area contributed by atoms with Gasteiger partial charge in [0.1, 0.15) is 0 Å². The summed E-state index contributed by atoms with van der Waals surface area (Å²) in [7, 11) is 0. The Morgan fingerprint density at radius 1 is 1.10 bits per heavy atom. The average Bonchev–Trinajstić information content (AvgIpc) is 3.47.